The van der Waals surface area contributed by atoms with Gasteiger partial charge in [0.05, 0.1) is 15.7 Å². The summed E-state index contributed by atoms with van der Waals surface area (Å²) < 4.78 is 18.1. The molecule has 7 heteroatoms. The number of benzene rings is 1. The number of hydrogen-bond acceptors (Lipinski definition) is 6. The predicted octanol–water partition coefficient (Wildman–Crippen LogP) is 2.28. The van der Waals surface area contributed by atoms with Crippen LogP contribution in [0, 0.1) is 0 Å². The number of likely N-dealkylation sites (tertiary alicyclic amines) is 1. The van der Waals surface area contributed by atoms with Crippen LogP contribution in [0.5, 0.6) is 0 Å². The van der Waals surface area contributed by atoms with Gasteiger partial charge in [-0.3, -0.25) is 9.11 Å². The molecule has 4 heterocycles. The first-order chi connectivity index (χ1) is 14.3. The molecule has 2 fully saturated rings. The highest BCUT2D eigenvalue weighted by Crippen LogP contribution is 2.31. The molecular formula is C22H30N4O2S. The molecule has 2 N–H and O–H groups in total. The molecule has 2 atom stereocenters. The van der Waals surface area contributed by atoms with Crippen molar-refractivity contribution in [2.24, 2.45) is 4.99 Å². The monoisotopic (exact) mass is 414 g/mol. The number of aliphatic imine (C=N–C) groups is 1. The van der Waals surface area contributed by atoms with Gasteiger partial charge in [0.2, 0.25) is 0 Å². The number of allylic oxidation sites excluding steroid dienone is 1. The molecular weight excluding hydrogens is 384 g/mol. The van der Waals surface area contributed by atoms with E-state index < -0.39 is 10.8 Å². The van der Waals surface area contributed by atoms with E-state index >= 15 is 0 Å². The van der Waals surface area contributed by atoms with Crippen LogP contribution in [0.25, 0.3) is 0 Å². The molecule has 0 saturated carbocycles. The Morgan fingerprint density at radius 2 is 1.86 bits per heavy atom. The summed E-state index contributed by atoms with van der Waals surface area (Å²) in [4.78, 5) is 8.37. The fourth-order valence-electron chi connectivity index (χ4n) is 4.82. The van der Waals surface area contributed by atoms with E-state index in [1.165, 1.54) is 5.56 Å². The Balaban J connectivity index is 1.29. The summed E-state index contributed by atoms with van der Waals surface area (Å²) >= 11 is 0. The zero-order chi connectivity index (χ0) is 19.6. The van der Waals surface area contributed by atoms with Gasteiger partial charge < -0.3 is 15.4 Å². The minimum atomic E-state index is -0.950. The van der Waals surface area contributed by atoms with E-state index in [1.807, 2.05) is 0 Å². The molecule has 4 aliphatic heterocycles. The van der Waals surface area contributed by atoms with Crippen molar-refractivity contribution < 1.29 is 8.95 Å². The van der Waals surface area contributed by atoms with Gasteiger partial charge in [0.25, 0.3) is 0 Å². The van der Waals surface area contributed by atoms with Crippen molar-refractivity contribution in [2.45, 2.75) is 50.4 Å². The molecule has 1 aromatic rings. The lowest BCUT2D eigenvalue weighted by atomic mass is 9.89. The summed E-state index contributed by atoms with van der Waals surface area (Å²) in [5.41, 5.74) is 2.58. The van der Waals surface area contributed by atoms with E-state index in [0.29, 0.717) is 17.7 Å². The quantitative estimate of drug-likeness (QED) is 0.794. The lowest BCUT2D eigenvalue weighted by molar-refractivity contribution is 0.0822. The van der Waals surface area contributed by atoms with Crippen molar-refractivity contribution in [3.05, 3.63) is 46.5 Å². The molecule has 29 heavy (non-hydrogen) atoms. The third-order valence-corrected chi connectivity index (χ3v) is 7.99. The lowest BCUT2D eigenvalue weighted by Crippen LogP contribution is -2.52. The normalized spacial score (nSPS) is 29.3. The Bertz CT molecular complexity index is 811. The summed E-state index contributed by atoms with van der Waals surface area (Å²) in [6.07, 6.45) is 5.07. The largest absolute Gasteiger partial charge is 0.381 e. The predicted molar refractivity (Wildman–Crippen MR) is 116 cm³/mol. The topological polar surface area (TPSA) is 66.0 Å². The van der Waals surface area contributed by atoms with E-state index in [1.54, 1.807) is 0 Å². The van der Waals surface area contributed by atoms with Gasteiger partial charge in [-0.1, -0.05) is 30.3 Å². The molecule has 4 aliphatic rings. The van der Waals surface area contributed by atoms with Crippen LogP contribution >= 0.6 is 0 Å². The maximum Gasteiger partial charge on any atom is 0.178 e. The molecule has 156 valence electrons. The van der Waals surface area contributed by atoms with Crippen molar-refractivity contribution in [3.63, 3.8) is 0 Å². The van der Waals surface area contributed by atoms with Crippen molar-refractivity contribution in [1.82, 2.24) is 15.5 Å². The van der Waals surface area contributed by atoms with Crippen LogP contribution in [-0.2, 0) is 15.5 Å². The fraction of sp³-hybridized carbons (Fsp3) is 0.591. The molecule has 0 radical (unpaired) electrons. The number of hydrogen-bond donors (Lipinski definition) is 2. The minimum Gasteiger partial charge on any atom is -0.381 e. The van der Waals surface area contributed by atoms with Gasteiger partial charge in [0.15, 0.2) is 6.29 Å². The molecule has 5 rings (SSSR count). The lowest BCUT2D eigenvalue weighted by Gasteiger charge is -2.39. The Labute approximate surface area is 175 Å². The second-order valence-corrected chi connectivity index (χ2v) is 9.86. The van der Waals surface area contributed by atoms with Crippen molar-refractivity contribution in [1.29, 1.82) is 0 Å². The molecule has 1 aromatic carbocycles. The summed E-state index contributed by atoms with van der Waals surface area (Å²) in [6, 6.07) is 11.2. The van der Waals surface area contributed by atoms with Crippen molar-refractivity contribution >= 4 is 16.6 Å². The average Bonchev–Trinajstić information content (AvgIpc) is 3.16. The third-order valence-electron chi connectivity index (χ3n) is 6.52. The number of ether oxygens (including phenoxy) is 1. The van der Waals surface area contributed by atoms with Gasteiger partial charge in [0, 0.05) is 50.2 Å². The number of amidine groups is 1. The van der Waals surface area contributed by atoms with Gasteiger partial charge in [-0.15, -0.1) is 0 Å². The smallest absolute Gasteiger partial charge is 0.178 e. The van der Waals surface area contributed by atoms with E-state index in [9.17, 15) is 4.21 Å². The average molecular weight is 415 g/mol. The molecule has 0 aliphatic carbocycles. The molecule has 0 bridgehead atoms. The standard InChI is InChI=1S/C22H30N4O2S/c27-29-15-10-19-20(29)21(23-18-8-13-28-14-9-18)25-22(24-19)26-11-6-17(7-12-26)16-4-2-1-3-5-16/h1-5,17-18,22,24H,6-15H2,(H,23,25). The summed E-state index contributed by atoms with van der Waals surface area (Å²) in [5.74, 6) is 2.19. The Kier molecular flexibility index (Phi) is 5.70. The zero-order valence-electron chi connectivity index (χ0n) is 16.8. The molecule has 0 aromatic heterocycles. The second kappa shape index (κ2) is 8.58. The highest BCUT2D eigenvalue weighted by Gasteiger charge is 2.35. The number of nitrogens with zero attached hydrogens (tertiary/aromatic N) is 2. The zero-order valence-corrected chi connectivity index (χ0v) is 17.6. The minimum absolute atomic E-state index is 0.0529. The molecule has 0 amide bonds. The number of piperidine rings is 1. The van der Waals surface area contributed by atoms with Crippen LogP contribution in [0.2, 0.25) is 0 Å². The fourth-order valence-corrected chi connectivity index (χ4v) is 6.18. The third kappa shape index (κ3) is 4.13. The number of nitrogens with one attached hydrogen (secondary N) is 2. The molecule has 2 saturated heterocycles. The molecule has 2 unspecified atom stereocenters. The SMILES string of the molecule is O=S1CCC2=C1C(NC1CCOCC1)=NC(N1CCC(c3ccccc3)CC1)N2. The van der Waals surface area contributed by atoms with Gasteiger partial charge in [-0.05, 0) is 37.2 Å². The summed E-state index contributed by atoms with van der Waals surface area (Å²) in [5, 5.41) is 7.21. The van der Waals surface area contributed by atoms with Gasteiger partial charge >= 0.3 is 0 Å². The molecule has 6 nitrogen and oxygen atoms in total. The van der Waals surface area contributed by atoms with Crippen LogP contribution < -0.4 is 10.6 Å². The highest BCUT2D eigenvalue weighted by molar-refractivity contribution is 7.90. The highest BCUT2D eigenvalue weighted by atomic mass is 32.2. The Hall–Kier alpha value is -1.70. The van der Waals surface area contributed by atoms with Crippen LogP contribution in [-0.4, -0.2) is 59.3 Å². The summed E-state index contributed by atoms with van der Waals surface area (Å²) in [6.45, 7) is 3.62. The Morgan fingerprint density at radius 1 is 1.10 bits per heavy atom. The van der Waals surface area contributed by atoms with Gasteiger partial charge in [0.1, 0.15) is 5.84 Å². The maximum absolute atomic E-state index is 12.6. The van der Waals surface area contributed by atoms with Crippen LogP contribution in [0.1, 0.15) is 43.6 Å². The first-order valence-electron chi connectivity index (χ1n) is 10.9. The van der Waals surface area contributed by atoms with Crippen LogP contribution in [0.3, 0.4) is 0 Å². The van der Waals surface area contributed by atoms with Crippen molar-refractivity contribution in [2.75, 3.05) is 32.1 Å². The summed E-state index contributed by atoms with van der Waals surface area (Å²) in [7, 11) is -0.950. The second-order valence-electron chi connectivity index (χ2n) is 8.35. The van der Waals surface area contributed by atoms with Gasteiger partial charge in [-0.2, -0.15) is 0 Å². The van der Waals surface area contributed by atoms with Crippen molar-refractivity contribution in [3.8, 4) is 0 Å². The van der Waals surface area contributed by atoms with Crippen LogP contribution in [0.15, 0.2) is 45.9 Å². The molecule has 0 spiro atoms. The first kappa shape index (κ1) is 19.3. The van der Waals surface area contributed by atoms with Crippen LogP contribution in [0.4, 0.5) is 0 Å². The first-order valence-corrected chi connectivity index (χ1v) is 12.2. The van der Waals surface area contributed by atoms with E-state index in [0.717, 1.165) is 74.8 Å². The Morgan fingerprint density at radius 3 is 2.62 bits per heavy atom. The van der Waals surface area contributed by atoms with E-state index in [2.05, 4.69) is 45.9 Å². The van der Waals surface area contributed by atoms with Gasteiger partial charge in [-0.25, -0.2) is 4.99 Å². The number of rotatable bonds is 3. The maximum atomic E-state index is 12.6. The van der Waals surface area contributed by atoms with E-state index in [4.69, 9.17) is 9.73 Å². The van der Waals surface area contributed by atoms with E-state index in [-0.39, 0.29) is 6.29 Å².